The van der Waals surface area contributed by atoms with Gasteiger partial charge in [0, 0.05) is 16.0 Å². The largest absolute Gasteiger partial charge is 0.452 e. The second-order valence-corrected chi connectivity index (χ2v) is 5.75. The van der Waals surface area contributed by atoms with Crippen molar-refractivity contribution in [3.8, 4) is 0 Å². The van der Waals surface area contributed by atoms with E-state index in [4.69, 9.17) is 16.3 Å². The Kier molecular flexibility index (Phi) is 5.98. The highest BCUT2D eigenvalue weighted by atomic mass is 79.9. The Balaban J connectivity index is 1.79. The highest BCUT2D eigenvalue weighted by Crippen LogP contribution is 2.16. The van der Waals surface area contributed by atoms with E-state index in [-0.39, 0.29) is 12.5 Å². The minimum atomic E-state index is -0.547. The SMILES string of the molecule is O=C(COC(=O)c1ccccc1Br)NCc1ccc(Cl)cc1. The number of hydrogen-bond acceptors (Lipinski definition) is 3. The molecule has 0 aromatic heterocycles. The molecule has 4 nitrogen and oxygen atoms in total. The number of benzene rings is 2. The lowest BCUT2D eigenvalue weighted by Gasteiger charge is -2.07. The van der Waals surface area contributed by atoms with Crippen LogP contribution in [-0.4, -0.2) is 18.5 Å². The fourth-order valence-corrected chi connectivity index (χ4v) is 2.26. The van der Waals surface area contributed by atoms with Crippen LogP contribution in [0.3, 0.4) is 0 Å². The molecule has 0 aliphatic heterocycles. The second-order valence-electron chi connectivity index (χ2n) is 4.46. The molecule has 0 heterocycles. The van der Waals surface area contributed by atoms with Gasteiger partial charge in [0.15, 0.2) is 6.61 Å². The number of nitrogens with one attached hydrogen (secondary N) is 1. The van der Waals surface area contributed by atoms with Crippen LogP contribution in [0.2, 0.25) is 5.02 Å². The maximum Gasteiger partial charge on any atom is 0.339 e. The van der Waals surface area contributed by atoms with Crippen LogP contribution < -0.4 is 5.32 Å². The fourth-order valence-electron chi connectivity index (χ4n) is 1.69. The number of rotatable bonds is 5. The van der Waals surface area contributed by atoms with Crippen molar-refractivity contribution in [3.05, 3.63) is 69.2 Å². The summed E-state index contributed by atoms with van der Waals surface area (Å²) in [7, 11) is 0. The van der Waals surface area contributed by atoms with Crippen LogP contribution in [0.4, 0.5) is 0 Å². The molecule has 114 valence electrons. The summed E-state index contributed by atoms with van der Waals surface area (Å²) in [6, 6.07) is 14.0. The molecule has 0 aliphatic carbocycles. The topological polar surface area (TPSA) is 55.4 Å². The van der Waals surface area contributed by atoms with Gasteiger partial charge in [-0.1, -0.05) is 35.9 Å². The first-order valence-electron chi connectivity index (χ1n) is 6.49. The van der Waals surface area contributed by atoms with Gasteiger partial charge in [-0.05, 0) is 45.8 Å². The van der Waals surface area contributed by atoms with Crippen molar-refractivity contribution < 1.29 is 14.3 Å². The Bertz CT molecular complexity index is 673. The Labute approximate surface area is 141 Å². The lowest BCUT2D eigenvalue weighted by molar-refractivity contribution is -0.124. The molecule has 0 bridgehead atoms. The molecule has 1 N–H and O–H groups in total. The maximum atomic E-state index is 11.8. The van der Waals surface area contributed by atoms with Gasteiger partial charge >= 0.3 is 5.97 Å². The van der Waals surface area contributed by atoms with Crippen LogP contribution in [-0.2, 0) is 16.1 Å². The molecule has 0 atom stereocenters. The third-order valence-electron chi connectivity index (χ3n) is 2.83. The number of carbonyl (C=O) groups excluding carboxylic acids is 2. The zero-order valence-electron chi connectivity index (χ0n) is 11.5. The monoisotopic (exact) mass is 381 g/mol. The molecule has 0 saturated carbocycles. The van der Waals surface area contributed by atoms with E-state index in [1.807, 2.05) is 12.1 Å². The first-order valence-corrected chi connectivity index (χ1v) is 7.66. The summed E-state index contributed by atoms with van der Waals surface area (Å²) in [6.45, 7) is 0.0241. The highest BCUT2D eigenvalue weighted by Gasteiger charge is 2.12. The molecule has 0 saturated heterocycles. The van der Waals surface area contributed by atoms with E-state index in [1.165, 1.54) is 0 Å². The predicted molar refractivity (Wildman–Crippen MR) is 87.7 cm³/mol. The number of esters is 1. The standard InChI is InChI=1S/C16H13BrClNO3/c17-14-4-2-1-3-13(14)16(21)22-10-15(20)19-9-11-5-7-12(18)8-6-11/h1-8H,9-10H2,(H,19,20). The van der Waals surface area contributed by atoms with Crippen molar-refractivity contribution in [1.82, 2.24) is 5.32 Å². The van der Waals surface area contributed by atoms with Gasteiger partial charge in [-0.15, -0.1) is 0 Å². The first-order chi connectivity index (χ1) is 10.6. The molecular weight excluding hydrogens is 370 g/mol. The fraction of sp³-hybridized carbons (Fsp3) is 0.125. The van der Waals surface area contributed by atoms with Gasteiger partial charge in [0.05, 0.1) is 5.56 Å². The molecule has 1 amide bonds. The summed E-state index contributed by atoms with van der Waals surface area (Å²) in [4.78, 5) is 23.5. The van der Waals surface area contributed by atoms with E-state index in [0.717, 1.165) is 5.56 Å². The van der Waals surface area contributed by atoms with Crippen molar-refractivity contribution >= 4 is 39.4 Å². The average Bonchev–Trinajstić information content (AvgIpc) is 2.52. The van der Waals surface area contributed by atoms with E-state index in [1.54, 1.807) is 36.4 Å². The van der Waals surface area contributed by atoms with Crippen molar-refractivity contribution in [1.29, 1.82) is 0 Å². The van der Waals surface area contributed by atoms with E-state index in [2.05, 4.69) is 21.2 Å². The Morgan fingerprint density at radius 3 is 2.45 bits per heavy atom. The molecule has 2 aromatic rings. The minimum absolute atomic E-state index is 0.326. The van der Waals surface area contributed by atoms with E-state index in [0.29, 0.717) is 21.6 Å². The lowest BCUT2D eigenvalue weighted by atomic mass is 10.2. The molecular formula is C16H13BrClNO3. The third-order valence-corrected chi connectivity index (χ3v) is 3.77. The number of amides is 1. The highest BCUT2D eigenvalue weighted by molar-refractivity contribution is 9.10. The van der Waals surface area contributed by atoms with Crippen molar-refractivity contribution in [2.24, 2.45) is 0 Å². The first kappa shape index (κ1) is 16.5. The van der Waals surface area contributed by atoms with Gasteiger partial charge in [0.1, 0.15) is 0 Å². The average molecular weight is 383 g/mol. The van der Waals surface area contributed by atoms with Gasteiger partial charge < -0.3 is 10.1 Å². The van der Waals surface area contributed by atoms with Gasteiger partial charge in [0.2, 0.25) is 0 Å². The third kappa shape index (κ3) is 4.86. The zero-order valence-corrected chi connectivity index (χ0v) is 13.9. The van der Waals surface area contributed by atoms with Crippen LogP contribution in [0.5, 0.6) is 0 Å². The van der Waals surface area contributed by atoms with E-state index >= 15 is 0 Å². The molecule has 0 aliphatic rings. The molecule has 2 rings (SSSR count). The maximum absolute atomic E-state index is 11.8. The molecule has 0 unspecified atom stereocenters. The van der Waals surface area contributed by atoms with E-state index < -0.39 is 5.97 Å². The summed E-state index contributed by atoms with van der Waals surface area (Å²) in [6.07, 6.45) is 0. The summed E-state index contributed by atoms with van der Waals surface area (Å²) in [5, 5.41) is 3.31. The Morgan fingerprint density at radius 2 is 1.77 bits per heavy atom. The Hall–Kier alpha value is -1.85. The molecule has 0 fully saturated rings. The molecule has 22 heavy (non-hydrogen) atoms. The molecule has 0 spiro atoms. The van der Waals surface area contributed by atoms with Crippen LogP contribution >= 0.6 is 27.5 Å². The summed E-state index contributed by atoms with van der Waals surface area (Å²) >= 11 is 9.04. The number of hydrogen-bond donors (Lipinski definition) is 1. The molecule has 0 radical (unpaired) electrons. The van der Waals surface area contributed by atoms with Crippen LogP contribution in [0.15, 0.2) is 53.0 Å². The van der Waals surface area contributed by atoms with Gasteiger partial charge in [0.25, 0.3) is 5.91 Å². The zero-order chi connectivity index (χ0) is 15.9. The van der Waals surface area contributed by atoms with Crippen LogP contribution in [0, 0.1) is 0 Å². The summed E-state index contributed by atoms with van der Waals surface area (Å²) < 4.78 is 5.60. The summed E-state index contributed by atoms with van der Waals surface area (Å²) in [5.74, 6) is -0.913. The van der Waals surface area contributed by atoms with Crippen molar-refractivity contribution in [2.75, 3.05) is 6.61 Å². The number of carbonyl (C=O) groups is 2. The van der Waals surface area contributed by atoms with Crippen molar-refractivity contribution in [3.63, 3.8) is 0 Å². The van der Waals surface area contributed by atoms with Crippen LogP contribution in [0.25, 0.3) is 0 Å². The molecule has 2 aromatic carbocycles. The number of ether oxygens (including phenoxy) is 1. The van der Waals surface area contributed by atoms with Gasteiger partial charge in [-0.3, -0.25) is 4.79 Å². The Morgan fingerprint density at radius 1 is 1.09 bits per heavy atom. The number of halogens is 2. The summed E-state index contributed by atoms with van der Waals surface area (Å²) in [5.41, 5.74) is 1.29. The van der Waals surface area contributed by atoms with Gasteiger partial charge in [-0.25, -0.2) is 4.79 Å². The molecule has 6 heteroatoms. The lowest BCUT2D eigenvalue weighted by Crippen LogP contribution is -2.28. The van der Waals surface area contributed by atoms with E-state index in [9.17, 15) is 9.59 Å². The smallest absolute Gasteiger partial charge is 0.339 e. The second kappa shape index (κ2) is 7.96. The van der Waals surface area contributed by atoms with Crippen molar-refractivity contribution in [2.45, 2.75) is 6.54 Å². The quantitative estimate of drug-likeness (QED) is 0.804. The minimum Gasteiger partial charge on any atom is -0.452 e. The normalized spacial score (nSPS) is 10.1. The van der Waals surface area contributed by atoms with Crippen LogP contribution in [0.1, 0.15) is 15.9 Å². The predicted octanol–water partition coefficient (Wildman–Crippen LogP) is 3.58. The van der Waals surface area contributed by atoms with Gasteiger partial charge in [-0.2, -0.15) is 0 Å².